The van der Waals surface area contributed by atoms with Crippen LogP contribution in [-0.2, 0) is 0 Å². The molecule has 19 heavy (non-hydrogen) atoms. The third-order valence-corrected chi connectivity index (χ3v) is 2.51. The lowest BCUT2D eigenvalue weighted by molar-refractivity contribution is -0.0498. The molecule has 0 aliphatic heterocycles. The van der Waals surface area contributed by atoms with Crippen molar-refractivity contribution in [2.45, 2.75) is 20.0 Å². The van der Waals surface area contributed by atoms with Gasteiger partial charge in [-0.2, -0.15) is 8.78 Å². The minimum atomic E-state index is -2.87. The average molecular weight is 272 g/mol. The fraction of sp³-hybridized carbons (Fsp3) is 0.462. The van der Waals surface area contributed by atoms with E-state index in [4.69, 9.17) is 5.73 Å². The van der Waals surface area contributed by atoms with Gasteiger partial charge in [-0.25, -0.2) is 0 Å². The number of carbonyl (C=O) groups excluding carboxylic acids is 1. The Balaban J connectivity index is 2.75. The average Bonchev–Trinajstić information content (AvgIpc) is 2.38. The second kappa shape index (κ2) is 7.68. The minimum Gasteiger partial charge on any atom is -0.435 e. The molecule has 1 aromatic rings. The molecule has 0 saturated carbocycles. The second-order valence-corrected chi connectivity index (χ2v) is 3.98. The number of nitrogens with zero attached hydrogens (tertiary/aromatic N) is 1. The summed E-state index contributed by atoms with van der Waals surface area (Å²) < 4.78 is 28.2. The molecule has 1 aromatic carbocycles. The number of alkyl halides is 2. The van der Waals surface area contributed by atoms with Gasteiger partial charge in [-0.05, 0) is 30.7 Å². The van der Waals surface area contributed by atoms with Crippen LogP contribution in [0, 0.1) is 0 Å². The van der Waals surface area contributed by atoms with Gasteiger partial charge >= 0.3 is 6.61 Å². The zero-order valence-corrected chi connectivity index (χ0v) is 10.8. The fourth-order valence-electron chi connectivity index (χ4n) is 1.70. The quantitative estimate of drug-likeness (QED) is 0.827. The largest absolute Gasteiger partial charge is 0.435 e. The smallest absolute Gasteiger partial charge is 0.387 e. The maximum absolute atomic E-state index is 12.1. The summed E-state index contributed by atoms with van der Waals surface area (Å²) in [5.41, 5.74) is 5.89. The zero-order valence-electron chi connectivity index (χ0n) is 10.8. The Morgan fingerprint density at radius 3 is 2.42 bits per heavy atom. The van der Waals surface area contributed by atoms with Crippen molar-refractivity contribution in [2.24, 2.45) is 5.73 Å². The summed E-state index contributed by atoms with van der Waals surface area (Å²) in [5.74, 6) is -0.122. The highest BCUT2D eigenvalue weighted by atomic mass is 19.3. The molecule has 0 radical (unpaired) electrons. The molecule has 106 valence electrons. The number of rotatable bonds is 7. The summed E-state index contributed by atoms with van der Waals surface area (Å²) in [5, 5.41) is 0. The Bertz CT molecular complexity index is 390. The van der Waals surface area contributed by atoms with E-state index in [1.807, 2.05) is 6.92 Å². The van der Waals surface area contributed by atoms with Gasteiger partial charge in [0.2, 0.25) is 0 Å². The highest BCUT2D eigenvalue weighted by Crippen LogP contribution is 2.16. The number of nitrogens with two attached hydrogens (primary N) is 1. The first-order valence-corrected chi connectivity index (χ1v) is 6.12. The van der Waals surface area contributed by atoms with Gasteiger partial charge in [0.1, 0.15) is 5.75 Å². The minimum absolute atomic E-state index is 0.0346. The third-order valence-electron chi connectivity index (χ3n) is 2.51. The van der Waals surface area contributed by atoms with Gasteiger partial charge in [0.05, 0.1) is 0 Å². The van der Waals surface area contributed by atoms with Crippen molar-refractivity contribution in [3.8, 4) is 5.75 Å². The number of ether oxygens (including phenoxy) is 1. The molecule has 0 atom stereocenters. The van der Waals surface area contributed by atoms with Crippen LogP contribution in [0.15, 0.2) is 24.3 Å². The van der Waals surface area contributed by atoms with E-state index in [-0.39, 0.29) is 11.7 Å². The van der Waals surface area contributed by atoms with E-state index in [9.17, 15) is 13.6 Å². The number of amides is 1. The van der Waals surface area contributed by atoms with Crippen LogP contribution in [0.3, 0.4) is 0 Å². The molecular weight excluding hydrogens is 254 g/mol. The van der Waals surface area contributed by atoms with Gasteiger partial charge in [0.15, 0.2) is 0 Å². The van der Waals surface area contributed by atoms with Crippen LogP contribution in [0.2, 0.25) is 0 Å². The van der Waals surface area contributed by atoms with Crippen molar-refractivity contribution in [3.63, 3.8) is 0 Å². The summed E-state index contributed by atoms with van der Waals surface area (Å²) in [6.45, 7) is 0.581. The molecule has 1 rings (SSSR count). The molecule has 0 heterocycles. The molecule has 0 bridgehead atoms. The summed E-state index contributed by atoms with van der Waals surface area (Å²) in [6, 6.07) is 5.65. The Kier molecular flexibility index (Phi) is 6.21. The van der Waals surface area contributed by atoms with Crippen LogP contribution in [0.5, 0.6) is 5.75 Å². The Morgan fingerprint density at radius 1 is 1.32 bits per heavy atom. The van der Waals surface area contributed by atoms with Crippen LogP contribution >= 0.6 is 0 Å². The Morgan fingerprint density at radius 2 is 1.95 bits per heavy atom. The SMILES string of the molecule is CCCN(CCN)C(=O)c1ccc(OC(F)F)cc1. The lowest BCUT2D eigenvalue weighted by Crippen LogP contribution is -2.35. The number of benzene rings is 1. The second-order valence-electron chi connectivity index (χ2n) is 3.98. The van der Waals surface area contributed by atoms with Gasteiger partial charge in [0, 0.05) is 25.2 Å². The third kappa shape index (κ3) is 4.82. The molecule has 0 fully saturated rings. The first kappa shape index (κ1) is 15.4. The van der Waals surface area contributed by atoms with Crippen molar-refractivity contribution < 1.29 is 18.3 Å². The van der Waals surface area contributed by atoms with Gasteiger partial charge < -0.3 is 15.4 Å². The molecule has 0 aliphatic rings. The summed E-state index contributed by atoms with van der Waals surface area (Å²) in [7, 11) is 0. The van der Waals surface area contributed by atoms with Gasteiger partial charge in [-0.3, -0.25) is 4.79 Å². The van der Waals surface area contributed by atoms with Crippen LogP contribution < -0.4 is 10.5 Å². The van der Waals surface area contributed by atoms with Crippen LogP contribution in [0.4, 0.5) is 8.78 Å². The van der Waals surface area contributed by atoms with Gasteiger partial charge in [0.25, 0.3) is 5.91 Å². The lowest BCUT2D eigenvalue weighted by atomic mass is 10.2. The zero-order chi connectivity index (χ0) is 14.3. The van der Waals surface area contributed by atoms with Crippen molar-refractivity contribution in [3.05, 3.63) is 29.8 Å². The molecular formula is C13H18F2N2O2. The predicted molar refractivity (Wildman–Crippen MR) is 68.3 cm³/mol. The Labute approximate surface area is 111 Å². The predicted octanol–water partition coefficient (Wildman–Crippen LogP) is 2.10. The van der Waals surface area contributed by atoms with Crippen molar-refractivity contribution in [2.75, 3.05) is 19.6 Å². The van der Waals surface area contributed by atoms with E-state index >= 15 is 0 Å². The van der Waals surface area contributed by atoms with Gasteiger partial charge in [-0.15, -0.1) is 0 Å². The van der Waals surface area contributed by atoms with Crippen LogP contribution in [0.1, 0.15) is 23.7 Å². The van der Waals surface area contributed by atoms with E-state index < -0.39 is 6.61 Å². The molecule has 0 aromatic heterocycles. The maximum Gasteiger partial charge on any atom is 0.387 e. The first-order valence-electron chi connectivity index (χ1n) is 6.12. The van der Waals surface area contributed by atoms with Gasteiger partial charge in [-0.1, -0.05) is 6.92 Å². The molecule has 4 nitrogen and oxygen atoms in total. The van der Waals surface area contributed by atoms with E-state index in [0.29, 0.717) is 25.2 Å². The maximum atomic E-state index is 12.1. The number of hydrogen-bond donors (Lipinski definition) is 1. The van der Waals surface area contributed by atoms with Crippen LogP contribution in [0.25, 0.3) is 0 Å². The van der Waals surface area contributed by atoms with E-state index in [1.54, 1.807) is 4.90 Å². The molecule has 0 saturated heterocycles. The monoisotopic (exact) mass is 272 g/mol. The van der Waals surface area contributed by atoms with Crippen molar-refractivity contribution in [1.82, 2.24) is 4.90 Å². The standard InChI is InChI=1S/C13H18F2N2O2/c1-2-8-17(9-7-16)12(18)10-3-5-11(6-4-10)19-13(14)15/h3-6,13H,2,7-9,16H2,1H3. The molecule has 6 heteroatoms. The van der Waals surface area contributed by atoms with E-state index in [0.717, 1.165) is 6.42 Å². The molecule has 0 spiro atoms. The fourth-order valence-corrected chi connectivity index (χ4v) is 1.70. The van der Waals surface area contributed by atoms with Crippen LogP contribution in [-0.4, -0.2) is 37.1 Å². The normalized spacial score (nSPS) is 10.6. The molecule has 1 amide bonds. The van der Waals surface area contributed by atoms with Crippen molar-refractivity contribution in [1.29, 1.82) is 0 Å². The molecule has 0 aliphatic carbocycles. The first-order chi connectivity index (χ1) is 9.08. The summed E-state index contributed by atoms with van der Waals surface area (Å²) in [4.78, 5) is 13.8. The topological polar surface area (TPSA) is 55.6 Å². The Hall–Kier alpha value is -1.69. The number of carbonyl (C=O) groups is 1. The molecule has 0 unspecified atom stereocenters. The van der Waals surface area contributed by atoms with Crippen molar-refractivity contribution >= 4 is 5.91 Å². The lowest BCUT2D eigenvalue weighted by Gasteiger charge is -2.21. The summed E-state index contributed by atoms with van der Waals surface area (Å²) in [6.07, 6.45) is 0.832. The highest BCUT2D eigenvalue weighted by Gasteiger charge is 2.14. The van der Waals surface area contributed by atoms with E-state index in [2.05, 4.69) is 4.74 Å². The molecule has 2 N–H and O–H groups in total. The number of halogens is 2. The highest BCUT2D eigenvalue weighted by molar-refractivity contribution is 5.94. The number of hydrogen-bond acceptors (Lipinski definition) is 3. The summed E-state index contributed by atoms with van der Waals surface area (Å²) >= 11 is 0. The van der Waals surface area contributed by atoms with E-state index in [1.165, 1.54) is 24.3 Å².